The van der Waals surface area contributed by atoms with Gasteiger partial charge in [0.25, 0.3) is 0 Å². The minimum absolute atomic E-state index is 0.116. The number of rotatable bonds is 5. The highest BCUT2D eigenvalue weighted by molar-refractivity contribution is 5.56. The molecule has 0 saturated carbocycles. The summed E-state index contributed by atoms with van der Waals surface area (Å²) in [6.07, 6.45) is 3.31. The van der Waals surface area contributed by atoms with Crippen LogP contribution in [0.1, 0.15) is 0 Å². The second-order valence-electron chi connectivity index (χ2n) is 3.27. The van der Waals surface area contributed by atoms with Crippen molar-refractivity contribution in [1.29, 1.82) is 0 Å². The smallest absolute Gasteiger partial charge is 0.229 e. The maximum Gasteiger partial charge on any atom is 0.229 e. The van der Waals surface area contributed by atoms with E-state index < -0.39 is 0 Å². The molecule has 0 aliphatic carbocycles. The molecule has 0 aliphatic heterocycles. The molecule has 0 fully saturated rings. The van der Waals surface area contributed by atoms with Gasteiger partial charge in [0.1, 0.15) is 6.73 Å². The van der Waals surface area contributed by atoms with Crippen molar-refractivity contribution in [3.63, 3.8) is 0 Å². The SMILES string of the molecule is NCOCNc1nc(N)nc(-c2ccncc2)n1. The Morgan fingerprint density at radius 1 is 1.17 bits per heavy atom. The molecule has 2 rings (SSSR count). The van der Waals surface area contributed by atoms with Crippen molar-refractivity contribution >= 4 is 11.9 Å². The fourth-order valence-corrected chi connectivity index (χ4v) is 1.28. The van der Waals surface area contributed by atoms with Crippen LogP contribution >= 0.6 is 0 Å². The van der Waals surface area contributed by atoms with E-state index in [1.807, 2.05) is 0 Å². The van der Waals surface area contributed by atoms with Crippen molar-refractivity contribution in [3.05, 3.63) is 24.5 Å². The van der Waals surface area contributed by atoms with E-state index in [2.05, 4.69) is 25.3 Å². The van der Waals surface area contributed by atoms with Crippen LogP contribution in [0.25, 0.3) is 11.4 Å². The lowest BCUT2D eigenvalue weighted by Crippen LogP contribution is -2.14. The molecule has 0 spiro atoms. The first-order valence-electron chi connectivity index (χ1n) is 5.23. The Labute approximate surface area is 103 Å². The molecule has 0 bridgehead atoms. The predicted molar refractivity (Wildman–Crippen MR) is 66.1 cm³/mol. The third kappa shape index (κ3) is 3.09. The van der Waals surface area contributed by atoms with Gasteiger partial charge < -0.3 is 21.5 Å². The van der Waals surface area contributed by atoms with E-state index in [0.29, 0.717) is 11.8 Å². The average molecular weight is 247 g/mol. The number of nitrogen functional groups attached to an aromatic ring is 1. The zero-order chi connectivity index (χ0) is 12.8. The molecule has 0 saturated heterocycles. The van der Waals surface area contributed by atoms with Crippen molar-refractivity contribution in [2.24, 2.45) is 5.73 Å². The van der Waals surface area contributed by atoms with Gasteiger partial charge in [-0.25, -0.2) is 0 Å². The van der Waals surface area contributed by atoms with E-state index in [-0.39, 0.29) is 19.4 Å². The summed E-state index contributed by atoms with van der Waals surface area (Å²) in [4.78, 5) is 16.1. The highest BCUT2D eigenvalue weighted by Crippen LogP contribution is 2.15. The second kappa shape index (κ2) is 5.84. The van der Waals surface area contributed by atoms with Gasteiger partial charge in [0.05, 0.1) is 6.73 Å². The van der Waals surface area contributed by atoms with Gasteiger partial charge >= 0.3 is 0 Å². The highest BCUT2D eigenvalue weighted by Gasteiger charge is 2.06. The minimum atomic E-state index is 0.116. The Morgan fingerprint density at radius 2 is 1.94 bits per heavy atom. The fraction of sp³-hybridized carbons (Fsp3) is 0.200. The van der Waals surface area contributed by atoms with Gasteiger partial charge in [0.15, 0.2) is 5.82 Å². The molecule has 5 N–H and O–H groups in total. The second-order valence-corrected chi connectivity index (χ2v) is 3.27. The van der Waals surface area contributed by atoms with Crippen molar-refractivity contribution in [2.45, 2.75) is 0 Å². The molecular formula is C10H13N7O. The summed E-state index contributed by atoms with van der Waals surface area (Å²) in [6.45, 7) is 0.320. The lowest BCUT2D eigenvalue weighted by atomic mass is 10.2. The Kier molecular flexibility index (Phi) is 3.94. The zero-order valence-corrected chi connectivity index (χ0v) is 9.58. The summed E-state index contributed by atoms with van der Waals surface area (Å²) >= 11 is 0. The van der Waals surface area contributed by atoms with Crippen molar-refractivity contribution in [3.8, 4) is 11.4 Å². The van der Waals surface area contributed by atoms with Gasteiger partial charge in [0, 0.05) is 18.0 Å². The molecular weight excluding hydrogens is 234 g/mol. The summed E-state index contributed by atoms with van der Waals surface area (Å²) in [7, 11) is 0. The fourth-order valence-electron chi connectivity index (χ4n) is 1.28. The van der Waals surface area contributed by atoms with Gasteiger partial charge in [-0.05, 0) is 12.1 Å². The van der Waals surface area contributed by atoms with Crippen LogP contribution < -0.4 is 16.8 Å². The van der Waals surface area contributed by atoms with Gasteiger partial charge in [-0.1, -0.05) is 0 Å². The Balaban J connectivity index is 2.21. The van der Waals surface area contributed by atoms with Crippen LogP contribution in [0, 0.1) is 0 Å². The summed E-state index contributed by atoms with van der Waals surface area (Å²) in [5.74, 6) is 0.940. The number of hydrogen-bond donors (Lipinski definition) is 3. The lowest BCUT2D eigenvalue weighted by Gasteiger charge is -2.06. The first-order chi connectivity index (χ1) is 8.79. The average Bonchev–Trinajstić information content (AvgIpc) is 2.39. The third-order valence-electron chi connectivity index (χ3n) is 2.04. The van der Waals surface area contributed by atoms with Gasteiger partial charge in [-0.3, -0.25) is 4.98 Å². The van der Waals surface area contributed by atoms with Crippen LogP contribution in [0.15, 0.2) is 24.5 Å². The molecule has 8 heteroatoms. The van der Waals surface area contributed by atoms with Crippen LogP contribution in [0.3, 0.4) is 0 Å². The molecule has 0 aliphatic rings. The lowest BCUT2D eigenvalue weighted by molar-refractivity contribution is 0.159. The molecule has 0 aromatic carbocycles. The first kappa shape index (κ1) is 12.1. The Hall–Kier alpha value is -2.32. The van der Waals surface area contributed by atoms with Gasteiger partial charge in [-0.15, -0.1) is 0 Å². The van der Waals surface area contributed by atoms with E-state index in [0.717, 1.165) is 5.56 Å². The highest BCUT2D eigenvalue weighted by atomic mass is 16.5. The van der Waals surface area contributed by atoms with E-state index in [1.165, 1.54) is 0 Å². The topological polar surface area (TPSA) is 125 Å². The number of nitrogens with zero attached hydrogens (tertiary/aromatic N) is 4. The normalized spacial score (nSPS) is 10.3. The van der Waals surface area contributed by atoms with Crippen molar-refractivity contribution in [1.82, 2.24) is 19.9 Å². The van der Waals surface area contributed by atoms with E-state index in [9.17, 15) is 0 Å². The molecule has 2 aromatic rings. The van der Waals surface area contributed by atoms with E-state index >= 15 is 0 Å². The molecule has 0 radical (unpaired) electrons. The van der Waals surface area contributed by atoms with Crippen molar-refractivity contribution < 1.29 is 4.74 Å². The van der Waals surface area contributed by atoms with E-state index in [4.69, 9.17) is 16.2 Å². The Bertz CT molecular complexity index is 505. The largest absolute Gasteiger partial charge is 0.368 e. The molecule has 8 nitrogen and oxygen atoms in total. The number of anilines is 2. The minimum Gasteiger partial charge on any atom is -0.368 e. The molecule has 18 heavy (non-hydrogen) atoms. The number of nitrogens with two attached hydrogens (primary N) is 2. The van der Waals surface area contributed by atoms with Crippen LogP contribution in [0.5, 0.6) is 0 Å². The Morgan fingerprint density at radius 3 is 2.67 bits per heavy atom. The summed E-state index contributed by atoms with van der Waals surface area (Å²) < 4.78 is 4.94. The number of nitrogens with one attached hydrogen (secondary N) is 1. The van der Waals surface area contributed by atoms with Crippen LogP contribution in [-0.4, -0.2) is 33.4 Å². The maximum absolute atomic E-state index is 5.62. The monoisotopic (exact) mass is 247 g/mol. The number of aromatic nitrogens is 4. The molecule has 94 valence electrons. The number of ether oxygens (including phenoxy) is 1. The van der Waals surface area contributed by atoms with Crippen molar-refractivity contribution in [2.75, 3.05) is 24.5 Å². The first-order valence-corrected chi connectivity index (χ1v) is 5.23. The molecule has 2 aromatic heterocycles. The van der Waals surface area contributed by atoms with Crippen LogP contribution in [0.4, 0.5) is 11.9 Å². The molecule has 0 amide bonds. The summed E-state index contributed by atoms with van der Waals surface area (Å²) in [6, 6.07) is 3.57. The maximum atomic E-state index is 5.62. The van der Waals surface area contributed by atoms with Gasteiger partial charge in [0.2, 0.25) is 11.9 Å². The zero-order valence-electron chi connectivity index (χ0n) is 9.58. The quantitative estimate of drug-likeness (QED) is 0.490. The van der Waals surface area contributed by atoms with Crippen LogP contribution in [0.2, 0.25) is 0 Å². The van der Waals surface area contributed by atoms with Gasteiger partial charge in [-0.2, -0.15) is 15.0 Å². The third-order valence-corrected chi connectivity index (χ3v) is 2.04. The molecule has 0 atom stereocenters. The number of pyridine rings is 1. The molecule has 0 unspecified atom stereocenters. The number of hydrogen-bond acceptors (Lipinski definition) is 8. The summed E-state index contributed by atoms with van der Waals surface area (Å²) in [5, 5.41) is 2.84. The standard InChI is InChI=1S/C10H13N7O/c11-5-18-6-14-10-16-8(15-9(12)17-10)7-1-3-13-4-2-7/h1-4H,5-6,11H2,(H3,12,14,15,16,17). The molecule has 2 heterocycles. The summed E-state index contributed by atoms with van der Waals surface area (Å²) in [5.41, 5.74) is 11.6. The van der Waals surface area contributed by atoms with Crippen LogP contribution in [-0.2, 0) is 4.74 Å². The van der Waals surface area contributed by atoms with E-state index in [1.54, 1.807) is 24.5 Å². The predicted octanol–water partition coefficient (Wildman–Crippen LogP) is -0.182.